The number of hydrogen-bond acceptors (Lipinski definition) is 5. The maximum absolute atomic E-state index is 11.8. The normalized spacial score (nSPS) is 11.9. The van der Waals surface area contributed by atoms with Gasteiger partial charge in [-0.15, -0.1) is 23.1 Å². The summed E-state index contributed by atoms with van der Waals surface area (Å²) in [6.07, 6.45) is 5.40. The molecule has 2 heterocycles. The van der Waals surface area contributed by atoms with Crippen molar-refractivity contribution in [2.75, 3.05) is 18.1 Å². The van der Waals surface area contributed by atoms with Crippen LogP contribution in [0.5, 0.6) is 0 Å². The fraction of sp³-hybridized carbons (Fsp3) is 0.308. The topological polar surface area (TPSA) is 66.9 Å². The number of nitrogens with zero attached hydrogens (tertiary/aromatic N) is 2. The molecule has 7 heteroatoms. The molecule has 0 aliphatic rings. The molecule has 0 unspecified atom stereocenters. The van der Waals surface area contributed by atoms with Crippen molar-refractivity contribution >= 4 is 34.8 Å². The molecule has 0 spiro atoms. The number of nitrogens with one attached hydrogen (secondary N) is 2. The molecule has 5 nitrogen and oxygen atoms in total. The first kappa shape index (κ1) is 14.8. The number of carbonyl (C=O) groups is 1. The molecule has 2 aromatic heterocycles. The van der Waals surface area contributed by atoms with E-state index >= 15 is 0 Å². The highest BCUT2D eigenvalue weighted by atomic mass is 32.2. The average Bonchev–Trinajstić information content (AvgIpc) is 2.99. The van der Waals surface area contributed by atoms with E-state index in [1.165, 1.54) is 11.8 Å². The molecule has 0 saturated carbocycles. The maximum Gasteiger partial charge on any atom is 0.319 e. The molecule has 0 saturated heterocycles. The molecular formula is C13H16N4OS2. The smallest absolute Gasteiger partial charge is 0.319 e. The molecule has 20 heavy (non-hydrogen) atoms. The van der Waals surface area contributed by atoms with Gasteiger partial charge in [0.25, 0.3) is 0 Å². The molecular weight excluding hydrogens is 292 g/mol. The van der Waals surface area contributed by atoms with Crippen molar-refractivity contribution in [1.29, 1.82) is 0 Å². The molecule has 2 N–H and O–H groups in total. The minimum atomic E-state index is -0.216. The zero-order valence-electron chi connectivity index (χ0n) is 11.3. The summed E-state index contributed by atoms with van der Waals surface area (Å²) in [6.45, 7) is 2.59. The van der Waals surface area contributed by atoms with E-state index in [9.17, 15) is 4.79 Å². The van der Waals surface area contributed by atoms with Crippen molar-refractivity contribution in [3.8, 4) is 0 Å². The highest BCUT2D eigenvalue weighted by Gasteiger charge is 2.10. The van der Waals surface area contributed by atoms with Gasteiger partial charge in [-0.05, 0) is 18.4 Å². The van der Waals surface area contributed by atoms with E-state index in [0.717, 1.165) is 15.7 Å². The molecule has 0 aliphatic heterocycles. The summed E-state index contributed by atoms with van der Waals surface area (Å²) in [5, 5.41) is 9.48. The molecule has 106 valence electrons. The van der Waals surface area contributed by atoms with Crippen LogP contribution in [-0.2, 0) is 0 Å². The number of hydrogen-bond donors (Lipinski definition) is 2. The largest absolute Gasteiger partial charge is 0.337 e. The average molecular weight is 308 g/mol. The van der Waals surface area contributed by atoms with E-state index in [4.69, 9.17) is 0 Å². The highest BCUT2D eigenvalue weighted by Crippen LogP contribution is 2.17. The van der Waals surface area contributed by atoms with Crippen LogP contribution >= 0.6 is 23.1 Å². The zero-order chi connectivity index (χ0) is 14.4. The molecule has 2 rings (SSSR count). The van der Waals surface area contributed by atoms with Crippen molar-refractivity contribution in [3.05, 3.63) is 34.9 Å². The molecule has 1 atom stereocenters. The summed E-state index contributed by atoms with van der Waals surface area (Å²) < 4.78 is 0. The Hall–Kier alpha value is -1.60. The molecule has 0 aliphatic carbocycles. The van der Waals surface area contributed by atoms with Gasteiger partial charge in [0.15, 0.2) is 0 Å². The van der Waals surface area contributed by atoms with Gasteiger partial charge in [-0.1, -0.05) is 6.92 Å². The predicted octanol–water partition coefficient (Wildman–Crippen LogP) is 3.19. The zero-order valence-corrected chi connectivity index (χ0v) is 12.9. The van der Waals surface area contributed by atoms with Gasteiger partial charge in [0.1, 0.15) is 0 Å². The van der Waals surface area contributed by atoms with Crippen molar-refractivity contribution < 1.29 is 4.79 Å². The molecule has 2 amide bonds. The van der Waals surface area contributed by atoms with E-state index in [2.05, 4.69) is 20.6 Å². The van der Waals surface area contributed by atoms with E-state index in [-0.39, 0.29) is 11.9 Å². The summed E-state index contributed by atoms with van der Waals surface area (Å²) in [6, 6.07) is 3.39. The van der Waals surface area contributed by atoms with Crippen molar-refractivity contribution in [3.63, 3.8) is 0 Å². The van der Waals surface area contributed by atoms with E-state index < -0.39 is 0 Å². The summed E-state index contributed by atoms with van der Waals surface area (Å²) in [7, 11) is 0. The number of rotatable bonds is 5. The molecule has 0 fully saturated rings. The van der Waals surface area contributed by atoms with Gasteiger partial charge >= 0.3 is 6.03 Å². The SMILES string of the molecule is CSc1cc(NC(=O)NC[C@H](C)c2nccs2)ccn1. The summed E-state index contributed by atoms with van der Waals surface area (Å²) >= 11 is 3.13. The van der Waals surface area contributed by atoms with Crippen molar-refractivity contribution in [2.24, 2.45) is 0 Å². The van der Waals surface area contributed by atoms with Crippen LogP contribution in [0.3, 0.4) is 0 Å². The number of urea groups is 1. The number of carbonyl (C=O) groups excluding carboxylic acids is 1. The second kappa shape index (κ2) is 7.25. The predicted molar refractivity (Wildman–Crippen MR) is 83.6 cm³/mol. The standard InChI is InChI=1S/C13H16N4OS2/c1-9(12-15-5-6-20-12)8-16-13(18)17-10-3-4-14-11(7-10)19-2/h3-7,9H,8H2,1-2H3,(H2,14,16,17,18)/t9-/m0/s1. The summed E-state index contributed by atoms with van der Waals surface area (Å²) in [4.78, 5) is 20.2. The fourth-order valence-corrected chi connectivity index (χ4v) is 2.69. The van der Waals surface area contributed by atoms with Gasteiger partial charge in [0.2, 0.25) is 0 Å². The minimum absolute atomic E-state index is 0.208. The molecule has 0 bridgehead atoms. The van der Waals surface area contributed by atoms with Crippen LogP contribution in [0.2, 0.25) is 0 Å². The summed E-state index contributed by atoms with van der Waals surface area (Å²) in [5.74, 6) is 0.208. The lowest BCUT2D eigenvalue weighted by molar-refractivity contribution is 0.251. The summed E-state index contributed by atoms with van der Waals surface area (Å²) in [5.41, 5.74) is 0.740. The number of thiazole rings is 1. The first-order chi connectivity index (χ1) is 9.69. The van der Waals surface area contributed by atoms with Crippen LogP contribution in [0.15, 0.2) is 34.9 Å². The minimum Gasteiger partial charge on any atom is -0.337 e. The van der Waals surface area contributed by atoms with Gasteiger partial charge in [-0.25, -0.2) is 14.8 Å². The number of anilines is 1. The highest BCUT2D eigenvalue weighted by molar-refractivity contribution is 7.98. The second-order valence-electron chi connectivity index (χ2n) is 4.19. The third-order valence-corrected chi connectivity index (χ3v) is 4.29. The van der Waals surface area contributed by atoms with Crippen molar-refractivity contribution in [2.45, 2.75) is 17.9 Å². The van der Waals surface area contributed by atoms with Gasteiger partial charge in [0.05, 0.1) is 10.0 Å². The lowest BCUT2D eigenvalue weighted by atomic mass is 10.2. The van der Waals surface area contributed by atoms with Crippen LogP contribution in [0, 0.1) is 0 Å². The van der Waals surface area contributed by atoms with Gasteiger partial charge < -0.3 is 10.6 Å². The monoisotopic (exact) mass is 308 g/mol. The van der Waals surface area contributed by atoms with E-state index in [1.807, 2.05) is 24.6 Å². The fourth-order valence-electron chi connectivity index (χ4n) is 1.59. The van der Waals surface area contributed by atoms with Gasteiger partial charge in [-0.3, -0.25) is 0 Å². The molecule has 2 aromatic rings. The van der Waals surface area contributed by atoms with Crippen LogP contribution < -0.4 is 10.6 Å². The van der Waals surface area contributed by atoms with Crippen molar-refractivity contribution in [1.82, 2.24) is 15.3 Å². The third kappa shape index (κ3) is 4.21. The van der Waals surface area contributed by atoms with Gasteiger partial charge in [-0.2, -0.15) is 0 Å². The Morgan fingerprint density at radius 1 is 1.45 bits per heavy atom. The number of aromatic nitrogens is 2. The number of thioether (sulfide) groups is 1. The lowest BCUT2D eigenvalue weighted by Gasteiger charge is -2.11. The quantitative estimate of drug-likeness (QED) is 0.833. The Labute approximate surface area is 126 Å². The van der Waals surface area contributed by atoms with Crippen LogP contribution in [0.25, 0.3) is 0 Å². The lowest BCUT2D eigenvalue weighted by Crippen LogP contribution is -2.31. The second-order valence-corrected chi connectivity index (χ2v) is 5.95. The third-order valence-electron chi connectivity index (χ3n) is 2.64. The Morgan fingerprint density at radius 3 is 3.00 bits per heavy atom. The molecule has 0 aromatic carbocycles. The first-order valence-corrected chi connectivity index (χ1v) is 8.23. The van der Waals surface area contributed by atoms with Crippen LogP contribution in [0.4, 0.5) is 10.5 Å². The number of amides is 2. The van der Waals surface area contributed by atoms with Crippen LogP contribution in [0.1, 0.15) is 17.8 Å². The Bertz CT molecular complexity index is 559. The van der Waals surface area contributed by atoms with E-state index in [1.54, 1.807) is 29.8 Å². The Morgan fingerprint density at radius 2 is 2.30 bits per heavy atom. The maximum atomic E-state index is 11.8. The number of pyridine rings is 1. The Kier molecular flexibility index (Phi) is 5.37. The Balaban J connectivity index is 1.83. The first-order valence-electron chi connectivity index (χ1n) is 6.13. The van der Waals surface area contributed by atoms with Crippen LogP contribution in [-0.4, -0.2) is 28.8 Å². The van der Waals surface area contributed by atoms with E-state index in [0.29, 0.717) is 6.54 Å². The molecule has 0 radical (unpaired) electrons. The van der Waals surface area contributed by atoms with Gasteiger partial charge in [0, 0.05) is 35.9 Å².